The minimum absolute atomic E-state index is 0.673. The molecule has 0 aliphatic heterocycles. The number of nitrogens with one attached hydrogen (secondary N) is 1. The minimum Gasteiger partial charge on any atom is -0.317 e. The molecule has 2 rings (SSSR count). The molecule has 0 amide bonds. The van der Waals surface area contributed by atoms with Crippen molar-refractivity contribution >= 4 is 5.71 Å². The van der Waals surface area contributed by atoms with Crippen LogP contribution >= 0.6 is 0 Å². The fraction of sp³-hybridized carbons (Fsp3) is 0.688. The summed E-state index contributed by atoms with van der Waals surface area (Å²) < 4.78 is 0. The number of rotatable bonds is 3. The Hall–Kier alpha value is -0.890. The molecule has 0 aromatic rings. The molecule has 2 heteroatoms. The van der Waals surface area contributed by atoms with Gasteiger partial charge in [0.15, 0.2) is 0 Å². The Kier molecular flexibility index (Phi) is 4.76. The van der Waals surface area contributed by atoms with E-state index in [0.29, 0.717) is 12.0 Å². The van der Waals surface area contributed by atoms with Gasteiger partial charge in [-0.25, -0.2) is 0 Å². The summed E-state index contributed by atoms with van der Waals surface area (Å²) in [7, 11) is 2.08. The molecule has 0 aromatic carbocycles. The normalized spacial score (nSPS) is 29.8. The zero-order valence-electron chi connectivity index (χ0n) is 12.0. The van der Waals surface area contributed by atoms with Gasteiger partial charge in [0.25, 0.3) is 0 Å². The van der Waals surface area contributed by atoms with Crippen molar-refractivity contribution in [2.24, 2.45) is 10.9 Å². The molecule has 0 radical (unpaired) electrons. The van der Waals surface area contributed by atoms with Gasteiger partial charge in [0.1, 0.15) is 0 Å². The van der Waals surface area contributed by atoms with E-state index in [1.165, 1.54) is 49.1 Å². The summed E-state index contributed by atoms with van der Waals surface area (Å²) in [5, 5.41) is 3.42. The van der Waals surface area contributed by atoms with Crippen molar-refractivity contribution in [2.75, 3.05) is 7.05 Å². The predicted molar refractivity (Wildman–Crippen MR) is 79.0 cm³/mol. The highest BCUT2D eigenvalue weighted by atomic mass is 14.9. The molecule has 0 heterocycles. The van der Waals surface area contributed by atoms with E-state index in [2.05, 4.69) is 38.4 Å². The Morgan fingerprint density at radius 2 is 2.06 bits per heavy atom. The fourth-order valence-corrected chi connectivity index (χ4v) is 3.03. The molecule has 2 atom stereocenters. The zero-order valence-corrected chi connectivity index (χ0v) is 12.0. The van der Waals surface area contributed by atoms with Gasteiger partial charge in [0.05, 0.1) is 5.70 Å². The third-order valence-corrected chi connectivity index (χ3v) is 4.33. The van der Waals surface area contributed by atoms with E-state index in [1.54, 1.807) is 0 Å². The molecular formula is C16H26N2. The summed E-state index contributed by atoms with van der Waals surface area (Å²) in [6, 6.07) is 0.686. The fourth-order valence-electron chi connectivity index (χ4n) is 3.03. The molecule has 100 valence electrons. The van der Waals surface area contributed by atoms with E-state index >= 15 is 0 Å². The van der Waals surface area contributed by atoms with Crippen LogP contribution < -0.4 is 5.32 Å². The highest BCUT2D eigenvalue weighted by Crippen LogP contribution is 2.27. The lowest BCUT2D eigenvalue weighted by atomic mass is 9.83. The Morgan fingerprint density at radius 3 is 2.78 bits per heavy atom. The van der Waals surface area contributed by atoms with Gasteiger partial charge in [-0.15, -0.1) is 0 Å². The number of allylic oxidation sites excluding steroid dienone is 3. The molecule has 0 saturated heterocycles. The highest BCUT2D eigenvalue weighted by Gasteiger charge is 2.23. The van der Waals surface area contributed by atoms with Crippen molar-refractivity contribution in [3.63, 3.8) is 0 Å². The number of hydrogen-bond donors (Lipinski definition) is 1. The molecule has 2 aliphatic rings. The summed E-state index contributed by atoms with van der Waals surface area (Å²) in [5.41, 5.74) is 3.89. The van der Waals surface area contributed by atoms with Crippen LogP contribution in [0.25, 0.3) is 0 Å². The molecular weight excluding hydrogens is 220 g/mol. The van der Waals surface area contributed by atoms with Gasteiger partial charge in [-0.05, 0) is 64.5 Å². The third kappa shape index (κ3) is 3.32. The highest BCUT2D eigenvalue weighted by molar-refractivity contribution is 5.85. The summed E-state index contributed by atoms with van der Waals surface area (Å²) in [6.07, 6.45) is 12.1. The summed E-state index contributed by atoms with van der Waals surface area (Å²) in [4.78, 5) is 4.89. The molecule has 1 fully saturated rings. The maximum Gasteiger partial charge on any atom is 0.0615 e. The first-order valence-corrected chi connectivity index (χ1v) is 7.30. The third-order valence-electron chi connectivity index (χ3n) is 4.33. The van der Waals surface area contributed by atoms with E-state index in [0.717, 1.165) is 6.42 Å². The quantitative estimate of drug-likeness (QED) is 0.752. The summed E-state index contributed by atoms with van der Waals surface area (Å²) >= 11 is 0. The number of hydrogen-bond acceptors (Lipinski definition) is 2. The lowest BCUT2D eigenvalue weighted by Gasteiger charge is -2.29. The summed E-state index contributed by atoms with van der Waals surface area (Å²) in [5.74, 6) is 0.673. The molecule has 0 spiro atoms. The Balaban J connectivity index is 2.04. The molecule has 18 heavy (non-hydrogen) atoms. The maximum atomic E-state index is 4.89. The molecule has 2 unspecified atom stereocenters. The van der Waals surface area contributed by atoms with Crippen LogP contribution in [0.4, 0.5) is 0 Å². The van der Waals surface area contributed by atoms with Crippen LogP contribution in [0.3, 0.4) is 0 Å². The Morgan fingerprint density at radius 1 is 1.28 bits per heavy atom. The Labute approximate surface area is 111 Å². The SMILES string of the molecule is CNC1CCCC(C(C)=NC2=CCCC=C2C)C1. The van der Waals surface area contributed by atoms with E-state index in [9.17, 15) is 0 Å². The maximum absolute atomic E-state index is 4.89. The second kappa shape index (κ2) is 6.33. The van der Waals surface area contributed by atoms with Gasteiger partial charge in [0.2, 0.25) is 0 Å². The first-order valence-electron chi connectivity index (χ1n) is 7.30. The largest absolute Gasteiger partial charge is 0.317 e. The van der Waals surface area contributed by atoms with Crippen LogP contribution in [-0.4, -0.2) is 18.8 Å². The summed E-state index contributed by atoms with van der Waals surface area (Å²) in [6.45, 7) is 4.39. The first-order chi connectivity index (χ1) is 8.70. The van der Waals surface area contributed by atoms with Crippen molar-refractivity contribution in [1.29, 1.82) is 0 Å². The van der Waals surface area contributed by atoms with Crippen LogP contribution in [0.1, 0.15) is 52.4 Å². The molecule has 0 aromatic heterocycles. The Bertz CT molecular complexity index is 377. The van der Waals surface area contributed by atoms with Crippen LogP contribution in [0, 0.1) is 5.92 Å². The second-order valence-corrected chi connectivity index (χ2v) is 5.66. The lowest BCUT2D eigenvalue weighted by molar-refractivity contribution is 0.350. The standard InChI is InChI=1S/C16H26N2/c1-12-7-4-5-10-16(12)18-13(2)14-8-6-9-15(11-14)17-3/h7,10,14-15,17H,4-6,8-9,11H2,1-3H3. The number of aliphatic imine (C=N–C) groups is 1. The van der Waals surface area contributed by atoms with Gasteiger partial charge >= 0.3 is 0 Å². The topological polar surface area (TPSA) is 24.4 Å². The van der Waals surface area contributed by atoms with Crippen molar-refractivity contribution in [2.45, 2.75) is 58.4 Å². The second-order valence-electron chi connectivity index (χ2n) is 5.66. The average molecular weight is 246 g/mol. The van der Waals surface area contributed by atoms with Crippen LogP contribution in [0.15, 0.2) is 28.4 Å². The van der Waals surface area contributed by atoms with Crippen molar-refractivity contribution in [3.8, 4) is 0 Å². The van der Waals surface area contributed by atoms with E-state index in [1.807, 2.05) is 0 Å². The minimum atomic E-state index is 0.673. The predicted octanol–water partition coefficient (Wildman–Crippen LogP) is 3.85. The van der Waals surface area contributed by atoms with Gasteiger partial charge in [-0.2, -0.15) is 0 Å². The molecule has 2 nitrogen and oxygen atoms in total. The van der Waals surface area contributed by atoms with Gasteiger partial charge in [-0.1, -0.05) is 18.6 Å². The molecule has 1 saturated carbocycles. The van der Waals surface area contributed by atoms with Gasteiger partial charge < -0.3 is 5.32 Å². The van der Waals surface area contributed by atoms with Crippen LogP contribution in [0.5, 0.6) is 0 Å². The lowest BCUT2D eigenvalue weighted by Crippen LogP contribution is -2.33. The number of nitrogens with zero attached hydrogens (tertiary/aromatic N) is 1. The molecule has 0 bridgehead atoms. The smallest absolute Gasteiger partial charge is 0.0615 e. The van der Waals surface area contributed by atoms with E-state index in [4.69, 9.17) is 4.99 Å². The molecule has 2 aliphatic carbocycles. The first kappa shape index (κ1) is 13.5. The van der Waals surface area contributed by atoms with Crippen molar-refractivity contribution in [1.82, 2.24) is 5.32 Å². The van der Waals surface area contributed by atoms with Gasteiger partial charge in [-0.3, -0.25) is 4.99 Å². The van der Waals surface area contributed by atoms with Crippen LogP contribution in [0.2, 0.25) is 0 Å². The zero-order chi connectivity index (χ0) is 13.0. The molecule has 1 N–H and O–H groups in total. The van der Waals surface area contributed by atoms with Crippen molar-refractivity contribution < 1.29 is 0 Å². The monoisotopic (exact) mass is 246 g/mol. The van der Waals surface area contributed by atoms with Crippen molar-refractivity contribution in [3.05, 3.63) is 23.4 Å². The van der Waals surface area contributed by atoms with E-state index in [-0.39, 0.29) is 0 Å². The van der Waals surface area contributed by atoms with Crippen LogP contribution in [-0.2, 0) is 0 Å². The van der Waals surface area contributed by atoms with E-state index < -0.39 is 0 Å². The van der Waals surface area contributed by atoms with Gasteiger partial charge in [0, 0.05) is 11.8 Å². The average Bonchev–Trinajstić information content (AvgIpc) is 2.41.